The minimum Gasteiger partial charge on any atom is -0.394 e. The quantitative estimate of drug-likeness (QED) is 0.0230. The zero-order valence-corrected chi connectivity index (χ0v) is 36.1. The van der Waals surface area contributed by atoms with Crippen LogP contribution in [0, 0.1) is 0 Å². The van der Waals surface area contributed by atoms with Gasteiger partial charge in [-0.15, -0.1) is 0 Å². The summed E-state index contributed by atoms with van der Waals surface area (Å²) in [6.07, 6.45) is 28.3. The Bertz CT molecular complexity index is 981. The van der Waals surface area contributed by atoms with E-state index in [1.165, 1.54) is 109 Å². The summed E-state index contributed by atoms with van der Waals surface area (Å²) in [4.78, 5) is 13.0. The van der Waals surface area contributed by atoms with Crippen molar-refractivity contribution in [3.05, 3.63) is 24.3 Å². The fraction of sp³-hybridized carbons (Fsp3) is 0.891. The van der Waals surface area contributed by atoms with Crippen molar-refractivity contribution in [2.45, 2.75) is 249 Å². The van der Waals surface area contributed by atoms with Gasteiger partial charge in [-0.1, -0.05) is 173 Å². The van der Waals surface area contributed by atoms with E-state index >= 15 is 0 Å². The van der Waals surface area contributed by atoms with E-state index in [4.69, 9.17) is 9.47 Å². The zero-order chi connectivity index (χ0) is 41.9. The summed E-state index contributed by atoms with van der Waals surface area (Å²) >= 11 is 0. The molecule has 0 aliphatic carbocycles. The number of aliphatic hydroxyl groups is 7. The van der Waals surface area contributed by atoms with Gasteiger partial charge in [0.2, 0.25) is 5.91 Å². The fourth-order valence-corrected chi connectivity index (χ4v) is 7.41. The van der Waals surface area contributed by atoms with Crippen molar-refractivity contribution in [3.8, 4) is 0 Å². The van der Waals surface area contributed by atoms with Crippen LogP contribution in [0.3, 0.4) is 0 Å². The third kappa shape index (κ3) is 26.4. The van der Waals surface area contributed by atoms with Crippen molar-refractivity contribution in [1.29, 1.82) is 0 Å². The second-order valence-electron chi connectivity index (χ2n) is 16.4. The number of rotatable bonds is 38. The molecule has 8 N–H and O–H groups in total. The van der Waals surface area contributed by atoms with Gasteiger partial charge in [-0.05, 0) is 44.9 Å². The van der Waals surface area contributed by atoms with Gasteiger partial charge in [0.1, 0.15) is 36.6 Å². The Kier molecular flexibility index (Phi) is 34.3. The molecule has 1 aliphatic rings. The van der Waals surface area contributed by atoms with Gasteiger partial charge in [0.15, 0.2) is 6.29 Å². The SMILES string of the molecule is CC/C=C/CC/C=C/CCCC(O)C(O)C(COC1OC(CO)C(O)C(O)C1O)NC(=O)C(O)CCCCCCCCCCCCCCCCCCCCCCC. The molecule has 0 spiro atoms. The number of carbonyl (C=O) groups is 1. The molecule has 1 aliphatic heterocycles. The molecular formula is C46H87NO10. The molecule has 0 aromatic carbocycles. The van der Waals surface area contributed by atoms with Gasteiger partial charge in [0.25, 0.3) is 0 Å². The fourth-order valence-electron chi connectivity index (χ4n) is 7.41. The average molecular weight is 814 g/mol. The number of hydrogen-bond donors (Lipinski definition) is 8. The van der Waals surface area contributed by atoms with Gasteiger partial charge in [0, 0.05) is 0 Å². The van der Waals surface area contributed by atoms with E-state index in [9.17, 15) is 40.5 Å². The van der Waals surface area contributed by atoms with E-state index < -0.39 is 74.2 Å². The van der Waals surface area contributed by atoms with Gasteiger partial charge in [-0.3, -0.25) is 4.79 Å². The first-order valence-electron chi connectivity index (χ1n) is 23.2. The summed E-state index contributed by atoms with van der Waals surface area (Å²) in [5.74, 6) is -0.711. The highest BCUT2D eigenvalue weighted by molar-refractivity contribution is 5.80. The van der Waals surface area contributed by atoms with Crippen molar-refractivity contribution in [3.63, 3.8) is 0 Å². The van der Waals surface area contributed by atoms with Crippen LogP contribution in [0.2, 0.25) is 0 Å². The lowest BCUT2D eigenvalue weighted by Crippen LogP contribution is -2.60. The highest BCUT2D eigenvalue weighted by Gasteiger charge is 2.44. The maximum Gasteiger partial charge on any atom is 0.249 e. The minimum atomic E-state index is -1.67. The lowest BCUT2D eigenvalue weighted by atomic mass is 9.98. The second kappa shape index (κ2) is 36.4. The summed E-state index contributed by atoms with van der Waals surface area (Å²) in [6, 6.07) is -1.19. The van der Waals surface area contributed by atoms with E-state index in [0.717, 1.165) is 38.5 Å². The van der Waals surface area contributed by atoms with E-state index in [1.807, 2.05) is 6.08 Å². The first-order chi connectivity index (χ1) is 27.7. The van der Waals surface area contributed by atoms with Crippen molar-refractivity contribution in [2.75, 3.05) is 13.2 Å². The third-order valence-electron chi connectivity index (χ3n) is 11.2. The molecule has 0 aromatic rings. The topological polar surface area (TPSA) is 189 Å². The van der Waals surface area contributed by atoms with E-state index in [-0.39, 0.29) is 12.8 Å². The second-order valence-corrected chi connectivity index (χ2v) is 16.4. The summed E-state index contributed by atoms with van der Waals surface area (Å²) in [5, 5.41) is 75.4. The van der Waals surface area contributed by atoms with Gasteiger partial charge in [-0.25, -0.2) is 0 Å². The maximum atomic E-state index is 13.0. The third-order valence-corrected chi connectivity index (χ3v) is 11.2. The molecule has 0 bridgehead atoms. The number of amides is 1. The van der Waals surface area contributed by atoms with Crippen molar-refractivity contribution >= 4 is 5.91 Å². The molecule has 1 amide bonds. The molecule has 1 fully saturated rings. The van der Waals surface area contributed by atoms with E-state index in [0.29, 0.717) is 19.3 Å². The van der Waals surface area contributed by atoms with Crippen LogP contribution in [0.5, 0.6) is 0 Å². The van der Waals surface area contributed by atoms with Gasteiger partial charge < -0.3 is 50.5 Å². The van der Waals surface area contributed by atoms with Crippen molar-refractivity contribution < 1.29 is 50.0 Å². The van der Waals surface area contributed by atoms with Crippen LogP contribution in [0.15, 0.2) is 24.3 Å². The molecule has 1 rings (SSSR count). The van der Waals surface area contributed by atoms with Gasteiger partial charge in [-0.2, -0.15) is 0 Å². The molecule has 57 heavy (non-hydrogen) atoms. The summed E-state index contributed by atoms with van der Waals surface area (Å²) in [7, 11) is 0. The number of aliphatic hydroxyl groups excluding tert-OH is 7. The predicted octanol–water partition coefficient (Wildman–Crippen LogP) is 7.45. The smallest absolute Gasteiger partial charge is 0.249 e. The largest absolute Gasteiger partial charge is 0.394 e. The number of nitrogens with one attached hydrogen (secondary N) is 1. The highest BCUT2D eigenvalue weighted by Crippen LogP contribution is 2.23. The Morgan fingerprint density at radius 3 is 1.58 bits per heavy atom. The average Bonchev–Trinajstić information content (AvgIpc) is 3.21. The molecule has 0 radical (unpaired) electrons. The maximum absolute atomic E-state index is 13.0. The van der Waals surface area contributed by atoms with Crippen LogP contribution >= 0.6 is 0 Å². The number of ether oxygens (including phenoxy) is 2. The molecule has 11 nitrogen and oxygen atoms in total. The molecule has 11 heteroatoms. The van der Waals surface area contributed by atoms with Crippen molar-refractivity contribution in [1.82, 2.24) is 5.32 Å². The van der Waals surface area contributed by atoms with Gasteiger partial charge >= 0.3 is 0 Å². The minimum absolute atomic E-state index is 0.246. The van der Waals surface area contributed by atoms with Crippen molar-refractivity contribution in [2.24, 2.45) is 0 Å². The highest BCUT2D eigenvalue weighted by atomic mass is 16.7. The number of allylic oxidation sites excluding steroid dienone is 4. The Labute approximate surface area is 346 Å². The van der Waals surface area contributed by atoms with Crippen LogP contribution < -0.4 is 5.32 Å². The molecule has 1 heterocycles. The lowest BCUT2D eigenvalue weighted by Gasteiger charge is -2.40. The normalized spacial score (nSPS) is 22.3. The number of carbonyl (C=O) groups excluding carboxylic acids is 1. The molecule has 9 atom stereocenters. The Hall–Kier alpha value is -1.41. The predicted molar refractivity (Wildman–Crippen MR) is 229 cm³/mol. The standard InChI is InChI=1S/C46H87NO10/c1-3-5-7-9-11-13-14-15-16-17-18-19-20-21-22-23-24-26-28-30-32-34-39(50)45(55)47-37(36-56-46-44(54)43(53)42(52)40(35-48)57-46)41(51)38(49)33-31-29-27-25-12-10-8-6-4-2/h6,8,25,27,37-44,46,48-54H,3-5,7,9-24,26,28-36H2,1-2H3,(H,47,55)/b8-6+,27-25+. The van der Waals surface area contributed by atoms with Crippen LogP contribution in [0.25, 0.3) is 0 Å². The Morgan fingerprint density at radius 1 is 0.614 bits per heavy atom. The van der Waals surface area contributed by atoms with Gasteiger partial charge in [0.05, 0.1) is 25.4 Å². The molecular weight excluding hydrogens is 727 g/mol. The van der Waals surface area contributed by atoms with E-state index in [2.05, 4.69) is 37.4 Å². The van der Waals surface area contributed by atoms with E-state index in [1.54, 1.807) is 0 Å². The molecule has 0 saturated carbocycles. The van der Waals surface area contributed by atoms with Crippen LogP contribution in [-0.4, -0.2) is 110 Å². The first kappa shape index (κ1) is 53.6. The number of hydrogen-bond acceptors (Lipinski definition) is 10. The first-order valence-corrected chi connectivity index (χ1v) is 23.2. The summed E-state index contributed by atoms with van der Waals surface area (Å²) in [6.45, 7) is 3.29. The number of unbranched alkanes of at least 4 members (excludes halogenated alkanes) is 22. The summed E-state index contributed by atoms with van der Waals surface area (Å²) in [5.41, 5.74) is 0. The monoisotopic (exact) mass is 814 g/mol. The van der Waals surface area contributed by atoms with Crippen LogP contribution in [0.4, 0.5) is 0 Å². The zero-order valence-electron chi connectivity index (χ0n) is 36.1. The Morgan fingerprint density at radius 2 is 1.09 bits per heavy atom. The molecule has 336 valence electrons. The lowest BCUT2D eigenvalue weighted by molar-refractivity contribution is -0.303. The van der Waals surface area contributed by atoms with Crippen LogP contribution in [-0.2, 0) is 14.3 Å². The molecule has 1 saturated heterocycles. The molecule has 0 aromatic heterocycles. The Balaban J connectivity index is 2.36. The summed E-state index contributed by atoms with van der Waals surface area (Å²) < 4.78 is 11.0. The molecule has 9 unspecified atom stereocenters. The van der Waals surface area contributed by atoms with Crippen LogP contribution in [0.1, 0.15) is 194 Å².